The molecule has 198 valence electrons. The highest BCUT2D eigenvalue weighted by Crippen LogP contribution is 2.22. The standard InChI is InChI=1S/C23H38ClN5O6/c1-23(2)22(34)26-16(10-6-7-13-24)21(33)29-14-8-11-17(29)20(32)25-15(19(31)27-23)9-4-3-5-12-18(30)28-35/h15-17,35H,3-14H2,1-2H3,(H,25,32)(H,26,34)(H,27,31)(H,28,30)/t15-,16-,17+/m0/s1. The Morgan fingerprint density at radius 1 is 1.03 bits per heavy atom. The van der Waals surface area contributed by atoms with Crippen LogP contribution < -0.4 is 21.4 Å². The van der Waals surface area contributed by atoms with Gasteiger partial charge in [0, 0.05) is 18.8 Å². The predicted octanol–water partition coefficient (Wildman–Crippen LogP) is 0.720. The highest BCUT2D eigenvalue weighted by Gasteiger charge is 2.42. The first-order chi connectivity index (χ1) is 16.6. The van der Waals surface area contributed by atoms with Crippen molar-refractivity contribution in [3.63, 3.8) is 0 Å². The molecule has 12 heteroatoms. The van der Waals surface area contributed by atoms with Crippen molar-refractivity contribution in [3.05, 3.63) is 0 Å². The number of alkyl halides is 1. The molecule has 0 saturated carbocycles. The van der Waals surface area contributed by atoms with Crippen LogP contribution >= 0.6 is 11.6 Å². The van der Waals surface area contributed by atoms with E-state index in [1.165, 1.54) is 4.90 Å². The number of fused-ring (bicyclic) bond motifs is 1. The maximum absolute atomic E-state index is 13.4. The van der Waals surface area contributed by atoms with Crippen molar-refractivity contribution in [1.29, 1.82) is 0 Å². The minimum Gasteiger partial charge on any atom is -0.343 e. The van der Waals surface area contributed by atoms with E-state index in [2.05, 4.69) is 16.0 Å². The van der Waals surface area contributed by atoms with E-state index in [0.29, 0.717) is 70.2 Å². The van der Waals surface area contributed by atoms with Gasteiger partial charge in [0.2, 0.25) is 29.5 Å². The lowest BCUT2D eigenvalue weighted by Crippen LogP contribution is -2.64. The molecular weight excluding hydrogens is 478 g/mol. The SMILES string of the molecule is CC1(C)NC(=O)[C@H](CCCCCC(=O)NO)NC(=O)[C@H]2CCCN2C(=O)[C@H](CCCCCl)NC1=O. The van der Waals surface area contributed by atoms with E-state index in [1.54, 1.807) is 19.3 Å². The summed E-state index contributed by atoms with van der Waals surface area (Å²) in [4.78, 5) is 65.4. The third-order valence-corrected chi connectivity index (χ3v) is 6.74. The molecule has 11 nitrogen and oxygen atoms in total. The Kier molecular flexibility index (Phi) is 11.2. The molecule has 2 saturated heterocycles. The van der Waals surface area contributed by atoms with Crippen molar-refractivity contribution >= 4 is 41.1 Å². The summed E-state index contributed by atoms with van der Waals surface area (Å²) in [7, 11) is 0. The fourth-order valence-electron chi connectivity index (χ4n) is 4.40. The van der Waals surface area contributed by atoms with E-state index in [9.17, 15) is 24.0 Å². The van der Waals surface area contributed by atoms with Gasteiger partial charge in [-0.15, -0.1) is 11.6 Å². The Bertz CT molecular complexity index is 792. The molecule has 35 heavy (non-hydrogen) atoms. The molecule has 2 aliphatic rings. The quantitative estimate of drug-likeness (QED) is 0.125. The molecule has 0 unspecified atom stereocenters. The van der Waals surface area contributed by atoms with Gasteiger partial charge in [0.25, 0.3) is 0 Å². The predicted molar refractivity (Wildman–Crippen MR) is 128 cm³/mol. The van der Waals surface area contributed by atoms with E-state index in [-0.39, 0.29) is 18.2 Å². The fourth-order valence-corrected chi connectivity index (χ4v) is 4.59. The summed E-state index contributed by atoms with van der Waals surface area (Å²) in [6.45, 7) is 3.51. The zero-order valence-electron chi connectivity index (χ0n) is 20.5. The summed E-state index contributed by atoms with van der Waals surface area (Å²) in [5.74, 6) is -1.69. The molecule has 0 bridgehead atoms. The minimum atomic E-state index is -1.31. The van der Waals surface area contributed by atoms with Crippen molar-refractivity contribution in [2.24, 2.45) is 0 Å². The van der Waals surface area contributed by atoms with Crippen molar-refractivity contribution in [2.75, 3.05) is 12.4 Å². The number of amides is 5. The van der Waals surface area contributed by atoms with Crippen LogP contribution in [-0.2, 0) is 24.0 Å². The third kappa shape index (κ3) is 8.34. The molecule has 0 aromatic rings. The van der Waals surface area contributed by atoms with E-state index in [0.717, 1.165) is 0 Å². The minimum absolute atomic E-state index is 0.151. The van der Waals surface area contributed by atoms with E-state index < -0.39 is 41.4 Å². The monoisotopic (exact) mass is 515 g/mol. The van der Waals surface area contributed by atoms with Gasteiger partial charge in [-0.05, 0) is 58.8 Å². The van der Waals surface area contributed by atoms with Gasteiger partial charge in [0.05, 0.1) is 0 Å². The maximum atomic E-state index is 13.4. The highest BCUT2D eigenvalue weighted by molar-refractivity contribution is 6.17. The van der Waals surface area contributed by atoms with Gasteiger partial charge in [-0.1, -0.05) is 12.8 Å². The first-order valence-corrected chi connectivity index (χ1v) is 12.9. The summed E-state index contributed by atoms with van der Waals surface area (Å²) in [5, 5.41) is 16.9. The summed E-state index contributed by atoms with van der Waals surface area (Å²) >= 11 is 5.78. The smallest absolute Gasteiger partial charge is 0.245 e. The number of halogens is 1. The topological polar surface area (TPSA) is 157 Å². The van der Waals surface area contributed by atoms with Crippen molar-refractivity contribution < 1.29 is 29.2 Å². The summed E-state index contributed by atoms with van der Waals surface area (Å²) in [6, 6.07) is -2.40. The number of rotatable bonds is 10. The number of carbonyl (C=O) groups is 5. The van der Waals surface area contributed by atoms with Crippen LogP contribution in [-0.4, -0.2) is 75.7 Å². The third-order valence-electron chi connectivity index (χ3n) is 6.48. The van der Waals surface area contributed by atoms with Crippen LogP contribution in [0.25, 0.3) is 0 Å². The summed E-state index contributed by atoms with van der Waals surface area (Å²) < 4.78 is 0. The molecule has 3 atom stereocenters. The first kappa shape index (κ1) is 28.8. The molecule has 2 fully saturated rings. The Balaban J connectivity index is 2.19. The van der Waals surface area contributed by atoms with E-state index in [4.69, 9.17) is 16.8 Å². The van der Waals surface area contributed by atoms with Gasteiger partial charge in [-0.25, -0.2) is 5.48 Å². The van der Waals surface area contributed by atoms with Crippen LogP contribution in [0, 0.1) is 0 Å². The molecule has 5 N–H and O–H groups in total. The number of hydroxylamine groups is 1. The summed E-state index contributed by atoms with van der Waals surface area (Å²) in [5.41, 5.74) is 0.265. The lowest BCUT2D eigenvalue weighted by molar-refractivity contribution is -0.144. The molecule has 0 aliphatic carbocycles. The molecule has 2 rings (SSSR count). The van der Waals surface area contributed by atoms with Crippen LogP contribution in [0.15, 0.2) is 0 Å². The number of hydrogen-bond donors (Lipinski definition) is 5. The van der Waals surface area contributed by atoms with E-state index in [1.807, 2.05) is 0 Å². The van der Waals surface area contributed by atoms with Gasteiger partial charge >= 0.3 is 0 Å². The number of hydrogen-bond acceptors (Lipinski definition) is 6. The second-order valence-corrected chi connectivity index (χ2v) is 10.1. The number of nitrogens with one attached hydrogen (secondary N) is 4. The lowest BCUT2D eigenvalue weighted by atomic mass is 9.99. The number of nitrogens with zero attached hydrogens (tertiary/aromatic N) is 1. The van der Waals surface area contributed by atoms with Gasteiger partial charge in [0.15, 0.2) is 0 Å². The van der Waals surface area contributed by atoms with Crippen LogP contribution in [0.2, 0.25) is 0 Å². The van der Waals surface area contributed by atoms with Crippen molar-refractivity contribution in [1.82, 2.24) is 26.3 Å². The number of carbonyl (C=O) groups excluding carboxylic acids is 5. The second-order valence-electron chi connectivity index (χ2n) is 9.71. The first-order valence-electron chi connectivity index (χ1n) is 12.3. The molecule has 0 spiro atoms. The van der Waals surface area contributed by atoms with E-state index >= 15 is 0 Å². The molecule has 0 aromatic carbocycles. The Labute approximate surface area is 211 Å². The molecule has 2 aliphatic heterocycles. The van der Waals surface area contributed by atoms with Crippen LogP contribution in [0.4, 0.5) is 0 Å². The van der Waals surface area contributed by atoms with Crippen LogP contribution in [0.3, 0.4) is 0 Å². The Hall–Kier alpha value is -2.40. The maximum Gasteiger partial charge on any atom is 0.245 e. The Morgan fingerprint density at radius 3 is 2.40 bits per heavy atom. The lowest BCUT2D eigenvalue weighted by Gasteiger charge is -2.34. The fraction of sp³-hybridized carbons (Fsp3) is 0.783. The molecule has 2 heterocycles. The molecule has 0 radical (unpaired) electrons. The van der Waals surface area contributed by atoms with Gasteiger partial charge in [-0.3, -0.25) is 29.2 Å². The average Bonchev–Trinajstić information content (AvgIpc) is 3.31. The van der Waals surface area contributed by atoms with Crippen LogP contribution in [0.1, 0.15) is 78.1 Å². The van der Waals surface area contributed by atoms with Crippen molar-refractivity contribution in [3.8, 4) is 0 Å². The van der Waals surface area contributed by atoms with Gasteiger partial charge in [-0.2, -0.15) is 0 Å². The zero-order chi connectivity index (χ0) is 26.0. The van der Waals surface area contributed by atoms with Crippen molar-refractivity contribution in [2.45, 2.75) is 102 Å². The second kappa shape index (κ2) is 13.6. The average molecular weight is 516 g/mol. The zero-order valence-corrected chi connectivity index (χ0v) is 21.3. The number of unbranched alkanes of at least 4 members (excludes halogenated alkanes) is 3. The Morgan fingerprint density at radius 2 is 1.71 bits per heavy atom. The summed E-state index contributed by atoms with van der Waals surface area (Å²) in [6.07, 6.45) is 4.97. The van der Waals surface area contributed by atoms with Crippen LogP contribution in [0.5, 0.6) is 0 Å². The highest BCUT2D eigenvalue weighted by atomic mass is 35.5. The molecule has 0 aromatic heterocycles. The largest absolute Gasteiger partial charge is 0.343 e. The molecule has 5 amide bonds. The molecular formula is C23H38ClN5O6. The normalized spacial score (nSPS) is 25.0. The van der Waals surface area contributed by atoms with Gasteiger partial charge < -0.3 is 20.9 Å². The van der Waals surface area contributed by atoms with Gasteiger partial charge in [0.1, 0.15) is 23.7 Å².